The maximum absolute atomic E-state index is 3.31. The predicted octanol–water partition coefficient (Wildman–Crippen LogP) is -7.98. The molecule has 0 radical (unpaired) electrons. The summed E-state index contributed by atoms with van der Waals surface area (Å²) >= 11 is 0. The van der Waals surface area contributed by atoms with E-state index in [9.17, 15) is 0 Å². The molecule has 0 aromatic rings. The van der Waals surface area contributed by atoms with Gasteiger partial charge in [-0.2, -0.15) is 0 Å². The molecule has 0 aliphatic rings. The number of nitrogens with one attached hydrogen (secondary N) is 1. The molecule has 0 aromatic carbocycles. The van der Waals surface area contributed by atoms with E-state index in [1.54, 1.807) is 0 Å². The van der Waals surface area contributed by atoms with Gasteiger partial charge >= 0.3 is 8.41 Å². The normalized spacial score (nSPS) is 7.09. The van der Waals surface area contributed by atoms with Crippen molar-refractivity contribution in [1.82, 2.24) is 5.32 Å². The molecule has 1 nitrogen and oxygen atoms in total. The Morgan fingerprint density at radius 3 is 0.909 bits per heavy atom. The van der Waals surface area contributed by atoms with Crippen molar-refractivity contribution in [3.05, 3.63) is 0 Å². The number of halogens is 3. The van der Waals surface area contributed by atoms with Crippen molar-refractivity contribution in [3.63, 3.8) is 0 Å². The Balaban J connectivity index is -0.0000000300. The third kappa shape index (κ3) is 41.2. The third-order valence-corrected chi connectivity index (χ3v) is 0.667. The maximum Gasteiger partial charge on any atom is 3.00 e. The fourth-order valence-electron chi connectivity index (χ4n) is 0.667. The van der Waals surface area contributed by atoms with Crippen molar-refractivity contribution in [3.8, 4) is 0 Å². The fraction of sp³-hybridized carbons (Fsp3) is 1.00. The molecule has 0 heterocycles. The van der Waals surface area contributed by atoms with Crippen LogP contribution in [0.3, 0.4) is 0 Å². The van der Waals surface area contributed by atoms with Crippen molar-refractivity contribution in [2.75, 3.05) is 0 Å². The van der Waals surface area contributed by atoms with E-state index in [1.165, 1.54) is 0 Å². The molecule has 0 rings (SSSR count). The van der Waals surface area contributed by atoms with E-state index >= 15 is 0 Å². The monoisotopic (exact) mass is 169 g/mol. The summed E-state index contributed by atoms with van der Waals surface area (Å²) in [6, 6.07) is 1.25. The first-order valence-corrected chi connectivity index (χ1v) is 2.89. The number of rotatable bonds is 2. The van der Waals surface area contributed by atoms with Gasteiger partial charge in [0.05, 0.1) is 0 Å². The summed E-state index contributed by atoms with van der Waals surface area (Å²) in [6.07, 6.45) is 0. The van der Waals surface area contributed by atoms with Crippen molar-refractivity contribution < 1.29 is 14.1 Å². The van der Waals surface area contributed by atoms with Crippen LogP contribution in [0, 0.1) is 0 Å². The molecule has 0 aliphatic carbocycles. The molecule has 0 aromatic heterocycles. The average molecular weight is 169 g/mol. The van der Waals surface area contributed by atoms with E-state index in [4.69, 9.17) is 0 Å². The molecule has 1 N–H and O–H groups in total. The largest absolute Gasteiger partial charge is 3.00 e. The Kier molecular flexibility index (Phi) is 46.0. The van der Waals surface area contributed by atoms with Gasteiger partial charge in [0.25, 0.3) is 0 Å². The quantitative estimate of drug-likeness (QED) is 0.405. The first-order valence-electron chi connectivity index (χ1n) is 2.89. The van der Waals surface area contributed by atoms with Crippen LogP contribution < -0.4 is 19.4 Å². The Labute approximate surface area is 68.6 Å². The van der Waals surface area contributed by atoms with Gasteiger partial charge in [0, 0.05) is 12.1 Å². The van der Waals surface area contributed by atoms with Gasteiger partial charge in [-0.1, -0.05) is 27.7 Å². The molecule has 0 aliphatic heterocycles. The van der Waals surface area contributed by atoms with Crippen LogP contribution in [0.4, 0.5) is 0 Å². The SMILES string of the molecule is CC(C)NC(C)C.[B+3].[F-].[F-].[F-]. The van der Waals surface area contributed by atoms with E-state index in [1.807, 2.05) is 0 Å². The molecule has 0 saturated carbocycles. The second kappa shape index (κ2) is 16.4. The zero-order chi connectivity index (χ0) is 5.86. The zero-order valence-corrected chi connectivity index (χ0v) is 7.37. The molecular weight excluding hydrogens is 154 g/mol. The summed E-state index contributed by atoms with van der Waals surface area (Å²) in [7, 11) is 0. The predicted molar refractivity (Wildman–Crippen MR) is 39.2 cm³/mol. The van der Waals surface area contributed by atoms with Crippen LogP contribution >= 0.6 is 0 Å². The molecular formula is C6H15BF3N. The van der Waals surface area contributed by atoms with Crippen molar-refractivity contribution in [2.24, 2.45) is 0 Å². The summed E-state index contributed by atoms with van der Waals surface area (Å²) in [5.74, 6) is 0. The number of hydrogen-bond acceptors (Lipinski definition) is 1. The summed E-state index contributed by atoms with van der Waals surface area (Å²) in [6.45, 7) is 8.61. The standard InChI is InChI=1S/C6H15N.B.3FH/c1-5(2)7-6(3)4;;;;/h5-7H,1-4H3;;3*1H/q;+3;;;/p-3. The third-order valence-electron chi connectivity index (χ3n) is 0.667. The summed E-state index contributed by atoms with van der Waals surface area (Å²) in [4.78, 5) is 0. The van der Waals surface area contributed by atoms with Crippen molar-refractivity contribution in [2.45, 2.75) is 39.8 Å². The first kappa shape index (κ1) is 30.8. The second-order valence-corrected chi connectivity index (χ2v) is 2.48. The molecule has 0 bridgehead atoms. The van der Waals surface area contributed by atoms with E-state index < -0.39 is 0 Å². The summed E-state index contributed by atoms with van der Waals surface area (Å²) < 4.78 is 0. The van der Waals surface area contributed by atoms with Crippen molar-refractivity contribution >= 4 is 8.41 Å². The molecule has 0 saturated heterocycles. The van der Waals surface area contributed by atoms with E-state index in [0.717, 1.165) is 0 Å². The molecule has 68 valence electrons. The topological polar surface area (TPSA) is 12.0 Å². The Morgan fingerprint density at radius 1 is 0.727 bits per heavy atom. The Bertz CT molecular complexity index is 47.1. The molecule has 0 unspecified atom stereocenters. The van der Waals surface area contributed by atoms with Crippen LogP contribution in [-0.4, -0.2) is 20.5 Å². The van der Waals surface area contributed by atoms with E-state index in [2.05, 4.69) is 33.0 Å². The molecule has 0 amide bonds. The average Bonchev–Trinajstić information content (AvgIpc) is 1.27. The number of hydrogen-bond donors (Lipinski definition) is 1. The Hall–Kier alpha value is -0.185. The van der Waals surface area contributed by atoms with Crippen LogP contribution in [-0.2, 0) is 0 Å². The van der Waals surface area contributed by atoms with Gasteiger partial charge in [-0.15, -0.1) is 0 Å². The van der Waals surface area contributed by atoms with Crippen LogP contribution in [0.1, 0.15) is 27.7 Å². The zero-order valence-electron chi connectivity index (χ0n) is 7.37. The minimum absolute atomic E-state index is 0. The second-order valence-electron chi connectivity index (χ2n) is 2.48. The summed E-state index contributed by atoms with van der Waals surface area (Å²) in [5, 5.41) is 3.31. The first-order chi connectivity index (χ1) is 3.13. The van der Waals surface area contributed by atoms with E-state index in [-0.39, 0.29) is 22.5 Å². The molecule has 0 spiro atoms. The fourth-order valence-corrected chi connectivity index (χ4v) is 0.667. The van der Waals surface area contributed by atoms with Crippen LogP contribution in [0.25, 0.3) is 0 Å². The molecule has 0 atom stereocenters. The van der Waals surface area contributed by atoms with Crippen molar-refractivity contribution in [1.29, 1.82) is 0 Å². The minimum Gasteiger partial charge on any atom is -1.00 e. The van der Waals surface area contributed by atoms with Gasteiger partial charge in [0.1, 0.15) is 0 Å². The molecule has 5 heteroatoms. The van der Waals surface area contributed by atoms with Gasteiger partial charge in [-0.05, 0) is 0 Å². The summed E-state index contributed by atoms with van der Waals surface area (Å²) in [5.41, 5.74) is 0. The smallest absolute Gasteiger partial charge is 1.00 e. The van der Waals surface area contributed by atoms with Gasteiger partial charge in [-0.25, -0.2) is 0 Å². The van der Waals surface area contributed by atoms with Gasteiger partial charge in [-0.3, -0.25) is 0 Å². The van der Waals surface area contributed by atoms with Crippen LogP contribution in [0.15, 0.2) is 0 Å². The van der Waals surface area contributed by atoms with Gasteiger partial charge < -0.3 is 19.4 Å². The molecule has 0 fully saturated rings. The van der Waals surface area contributed by atoms with Gasteiger partial charge in [0.2, 0.25) is 0 Å². The van der Waals surface area contributed by atoms with Crippen LogP contribution in [0.2, 0.25) is 0 Å². The van der Waals surface area contributed by atoms with E-state index in [0.29, 0.717) is 12.1 Å². The molecule has 11 heavy (non-hydrogen) atoms. The van der Waals surface area contributed by atoms with Gasteiger partial charge in [0.15, 0.2) is 0 Å². The maximum atomic E-state index is 3.31. The Morgan fingerprint density at radius 2 is 0.909 bits per heavy atom. The van der Waals surface area contributed by atoms with Crippen LogP contribution in [0.5, 0.6) is 0 Å². The minimum atomic E-state index is 0.